The molecule has 2 atom stereocenters. The summed E-state index contributed by atoms with van der Waals surface area (Å²) in [6.07, 6.45) is 2.70. The molecule has 0 bridgehead atoms. The molecule has 2 unspecified atom stereocenters. The average molecular weight is 239 g/mol. The lowest BCUT2D eigenvalue weighted by Crippen LogP contribution is -2.06. The molecule has 1 aromatic rings. The number of rotatable bonds is 5. The molecule has 1 saturated carbocycles. The summed E-state index contributed by atoms with van der Waals surface area (Å²) in [5, 5.41) is 0.142. The first-order valence-corrected chi connectivity index (χ1v) is 6.53. The molecule has 1 aliphatic carbocycles. The first kappa shape index (κ1) is 11.8. The van der Waals surface area contributed by atoms with Crippen molar-refractivity contribution in [2.45, 2.75) is 32.1 Å². The largest absolute Gasteiger partial charge is 0.494 e. The lowest BCUT2D eigenvalue weighted by atomic mass is 9.96. The van der Waals surface area contributed by atoms with Gasteiger partial charge in [-0.15, -0.1) is 11.6 Å². The number of hydrogen-bond donors (Lipinski definition) is 0. The van der Waals surface area contributed by atoms with E-state index in [0.29, 0.717) is 12.5 Å². The fourth-order valence-electron chi connectivity index (χ4n) is 2.08. The summed E-state index contributed by atoms with van der Waals surface area (Å²) in [6.45, 7) is 4.96. The van der Waals surface area contributed by atoms with Gasteiger partial charge in [-0.3, -0.25) is 0 Å². The van der Waals surface area contributed by atoms with Crippen molar-refractivity contribution in [2.24, 2.45) is 11.8 Å². The van der Waals surface area contributed by atoms with E-state index in [9.17, 15) is 0 Å². The molecule has 1 nitrogen and oxygen atoms in total. The van der Waals surface area contributed by atoms with E-state index >= 15 is 0 Å². The summed E-state index contributed by atoms with van der Waals surface area (Å²) in [4.78, 5) is 0. The van der Waals surface area contributed by atoms with Crippen LogP contribution in [0, 0.1) is 11.8 Å². The van der Waals surface area contributed by atoms with E-state index in [-0.39, 0.29) is 5.38 Å². The Morgan fingerprint density at radius 2 is 1.94 bits per heavy atom. The Morgan fingerprint density at radius 3 is 2.44 bits per heavy atom. The highest BCUT2D eigenvalue weighted by atomic mass is 35.5. The van der Waals surface area contributed by atoms with E-state index in [1.807, 2.05) is 19.1 Å². The first-order chi connectivity index (χ1) is 7.72. The highest BCUT2D eigenvalue weighted by Gasteiger charge is 2.32. The molecular weight excluding hydrogens is 220 g/mol. The van der Waals surface area contributed by atoms with Gasteiger partial charge in [0.25, 0.3) is 0 Å². The Kier molecular flexibility index (Phi) is 3.75. The minimum atomic E-state index is 0.142. The van der Waals surface area contributed by atoms with Crippen LogP contribution in [0.15, 0.2) is 24.3 Å². The fourth-order valence-corrected chi connectivity index (χ4v) is 2.43. The van der Waals surface area contributed by atoms with Gasteiger partial charge in [-0.1, -0.05) is 19.1 Å². The van der Waals surface area contributed by atoms with E-state index in [1.54, 1.807) is 0 Å². The van der Waals surface area contributed by atoms with Gasteiger partial charge < -0.3 is 4.74 Å². The summed E-state index contributed by atoms with van der Waals surface area (Å²) in [6, 6.07) is 8.19. The quantitative estimate of drug-likeness (QED) is 0.691. The van der Waals surface area contributed by atoms with Crippen LogP contribution in [0.25, 0.3) is 0 Å². The van der Waals surface area contributed by atoms with Gasteiger partial charge in [0.15, 0.2) is 0 Å². The molecule has 1 aliphatic rings. The smallest absolute Gasteiger partial charge is 0.119 e. The lowest BCUT2D eigenvalue weighted by Gasteiger charge is -2.18. The topological polar surface area (TPSA) is 9.23 Å². The standard InChI is InChI=1S/C14H19ClO/c1-3-16-13-8-6-12(7-9-13)14(15)10(2)11-4-5-11/h6-11,14H,3-5H2,1-2H3. The van der Waals surface area contributed by atoms with Crippen molar-refractivity contribution in [1.82, 2.24) is 0 Å². The first-order valence-electron chi connectivity index (χ1n) is 6.09. The number of ether oxygens (including phenoxy) is 1. The van der Waals surface area contributed by atoms with Crippen molar-refractivity contribution in [3.05, 3.63) is 29.8 Å². The average Bonchev–Trinajstić information content (AvgIpc) is 3.12. The van der Waals surface area contributed by atoms with E-state index < -0.39 is 0 Å². The van der Waals surface area contributed by atoms with Crippen LogP contribution in [0.2, 0.25) is 0 Å². The third-order valence-corrected chi connectivity index (χ3v) is 3.99. The minimum absolute atomic E-state index is 0.142. The van der Waals surface area contributed by atoms with Crippen molar-refractivity contribution in [2.75, 3.05) is 6.61 Å². The van der Waals surface area contributed by atoms with Crippen LogP contribution in [0.1, 0.15) is 37.6 Å². The number of halogens is 1. The Bertz CT molecular complexity index is 329. The molecule has 0 heterocycles. The van der Waals surface area contributed by atoms with Crippen molar-refractivity contribution < 1.29 is 4.74 Å². The van der Waals surface area contributed by atoms with Gasteiger partial charge in [0.1, 0.15) is 5.75 Å². The highest BCUT2D eigenvalue weighted by Crippen LogP contribution is 2.45. The highest BCUT2D eigenvalue weighted by molar-refractivity contribution is 6.21. The van der Waals surface area contributed by atoms with Crippen LogP contribution >= 0.6 is 11.6 Å². The second-order valence-corrected chi connectivity index (χ2v) is 5.07. The monoisotopic (exact) mass is 238 g/mol. The van der Waals surface area contributed by atoms with Crippen LogP contribution in [0.5, 0.6) is 5.75 Å². The number of hydrogen-bond acceptors (Lipinski definition) is 1. The lowest BCUT2D eigenvalue weighted by molar-refractivity contribution is 0.340. The summed E-state index contributed by atoms with van der Waals surface area (Å²) < 4.78 is 5.42. The third-order valence-electron chi connectivity index (χ3n) is 3.34. The van der Waals surface area contributed by atoms with Gasteiger partial charge >= 0.3 is 0 Å². The van der Waals surface area contributed by atoms with Crippen molar-refractivity contribution in [1.29, 1.82) is 0 Å². The Balaban J connectivity index is 2.02. The predicted molar refractivity (Wildman–Crippen MR) is 68.1 cm³/mol. The van der Waals surface area contributed by atoms with Crippen molar-refractivity contribution in [3.8, 4) is 5.75 Å². The van der Waals surface area contributed by atoms with Crippen LogP contribution < -0.4 is 4.74 Å². The maximum Gasteiger partial charge on any atom is 0.119 e. The van der Waals surface area contributed by atoms with Crippen LogP contribution in [-0.4, -0.2) is 6.61 Å². The zero-order valence-electron chi connectivity index (χ0n) is 9.95. The van der Waals surface area contributed by atoms with Crippen molar-refractivity contribution in [3.63, 3.8) is 0 Å². The fraction of sp³-hybridized carbons (Fsp3) is 0.571. The summed E-state index contributed by atoms with van der Waals surface area (Å²) in [7, 11) is 0. The SMILES string of the molecule is CCOc1ccc(C(Cl)C(C)C2CC2)cc1. The van der Waals surface area contributed by atoms with Crippen LogP contribution in [-0.2, 0) is 0 Å². The van der Waals surface area contributed by atoms with Crippen molar-refractivity contribution >= 4 is 11.6 Å². The number of alkyl halides is 1. The molecule has 16 heavy (non-hydrogen) atoms. The molecule has 0 spiro atoms. The van der Waals surface area contributed by atoms with Gasteiger partial charge in [-0.05, 0) is 49.3 Å². The molecule has 2 heteroatoms. The second kappa shape index (κ2) is 5.09. The molecule has 0 aliphatic heterocycles. The molecule has 1 aromatic carbocycles. The molecule has 0 radical (unpaired) electrons. The molecule has 88 valence electrons. The molecule has 0 amide bonds. The van der Waals surface area contributed by atoms with Gasteiger partial charge in [0.2, 0.25) is 0 Å². The Labute approximate surface area is 103 Å². The summed E-state index contributed by atoms with van der Waals surface area (Å²) in [5.74, 6) is 2.35. The van der Waals surface area contributed by atoms with Gasteiger partial charge in [0, 0.05) is 0 Å². The molecule has 0 N–H and O–H groups in total. The van der Waals surface area contributed by atoms with E-state index in [1.165, 1.54) is 18.4 Å². The zero-order chi connectivity index (χ0) is 11.5. The van der Waals surface area contributed by atoms with Crippen LogP contribution in [0.3, 0.4) is 0 Å². The van der Waals surface area contributed by atoms with Gasteiger partial charge in [0.05, 0.1) is 12.0 Å². The summed E-state index contributed by atoms with van der Waals surface area (Å²) in [5.41, 5.74) is 1.21. The van der Waals surface area contributed by atoms with E-state index in [0.717, 1.165) is 11.7 Å². The molecule has 0 aromatic heterocycles. The summed E-state index contributed by atoms with van der Waals surface area (Å²) >= 11 is 6.48. The Hall–Kier alpha value is -0.690. The maximum atomic E-state index is 6.48. The maximum absolute atomic E-state index is 6.48. The number of benzene rings is 1. The minimum Gasteiger partial charge on any atom is -0.494 e. The normalized spacial score (nSPS) is 19.2. The zero-order valence-corrected chi connectivity index (χ0v) is 10.7. The van der Waals surface area contributed by atoms with E-state index in [2.05, 4.69) is 19.1 Å². The molecule has 1 fully saturated rings. The molecule has 0 saturated heterocycles. The second-order valence-electron chi connectivity index (χ2n) is 4.60. The van der Waals surface area contributed by atoms with Crippen LogP contribution in [0.4, 0.5) is 0 Å². The van der Waals surface area contributed by atoms with E-state index in [4.69, 9.17) is 16.3 Å². The Morgan fingerprint density at radius 1 is 1.31 bits per heavy atom. The van der Waals surface area contributed by atoms with Gasteiger partial charge in [-0.25, -0.2) is 0 Å². The predicted octanol–water partition coefficient (Wildman–Crippen LogP) is 4.41. The molecule has 2 rings (SSSR count). The van der Waals surface area contributed by atoms with Gasteiger partial charge in [-0.2, -0.15) is 0 Å². The molecular formula is C14H19ClO. The third kappa shape index (κ3) is 2.70.